The second kappa shape index (κ2) is 8.50. The number of aliphatic hydroxyl groups excluding tert-OH is 2. The average Bonchev–Trinajstić information content (AvgIpc) is 2.57. The van der Waals surface area contributed by atoms with Crippen LogP contribution in [0.15, 0.2) is 24.3 Å². The molecule has 2 rings (SSSR count). The Kier molecular flexibility index (Phi) is 6.62. The third kappa shape index (κ3) is 4.83. The van der Waals surface area contributed by atoms with Crippen molar-refractivity contribution in [3.8, 4) is 5.75 Å². The van der Waals surface area contributed by atoms with Crippen molar-refractivity contribution in [2.24, 2.45) is 0 Å². The van der Waals surface area contributed by atoms with Crippen molar-refractivity contribution in [1.29, 1.82) is 0 Å². The minimum Gasteiger partial charge on any atom is -0.447 e. The number of nitro groups is 1. The molecule has 0 unspecified atom stereocenters. The Labute approximate surface area is 149 Å². The minimum absolute atomic E-state index is 0.0946. The number of hydrogen-bond donors (Lipinski definition) is 2. The summed E-state index contributed by atoms with van der Waals surface area (Å²) >= 11 is 4.97. The van der Waals surface area contributed by atoms with E-state index in [1.54, 1.807) is 13.8 Å². The van der Waals surface area contributed by atoms with Crippen LogP contribution in [-0.2, 0) is 14.2 Å². The van der Waals surface area contributed by atoms with Crippen LogP contribution < -0.4 is 4.74 Å². The van der Waals surface area contributed by atoms with Gasteiger partial charge in [0.1, 0.15) is 18.0 Å². The van der Waals surface area contributed by atoms with Crippen molar-refractivity contribution in [1.82, 2.24) is 0 Å². The highest BCUT2D eigenvalue weighted by Crippen LogP contribution is 2.25. The Morgan fingerprint density at radius 1 is 1.32 bits per heavy atom. The number of hydrogen-bond acceptors (Lipinski definition) is 9. The molecule has 9 nitrogen and oxygen atoms in total. The first-order valence-corrected chi connectivity index (χ1v) is 8.00. The van der Waals surface area contributed by atoms with Gasteiger partial charge in [0.2, 0.25) is 0 Å². The maximum Gasteiger partial charge on any atom is 0.358 e. The van der Waals surface area contributed by atoms with Gasteiger partial charge in [-0.15, -0.1) is 0 Å². The van der Waals surface area contributed by atoms with Gasteiger partial charge < -0.3 is 29.2 Å². The highest BCUT2D eigenvalue weighted by atomic mass is 32.1. The summed E-state index contributed by atoms with van der Waals surface area (Å²) in [6.45, 7) is 3.66. The quantitative estimate of drug-likeness (QED) is 0.445. The molecule has 1 fully saturated rings. The maximum absolute atomic E-state index is 10.6. The molecular formula is C15H19NO8S. The number of nitrogens with zero attached hydrogens (tertiary/aromatic N) is 1. The van der Waals surface area contributed by atoms with Crippen molar-refractivity contribution in [3.05, 3.63) is 34.4 Å². The second-order valence-electron chi connectivity index (χ2n) is 5.33. The van der Waals surface area contributed by atoms with Gasteiger partial charge in [-0.2, -0.15) is 0 Å². The van der Waals surface area contributed by atoms with E-state index in [0.717, 1.165) is 0 Å². The summed E-state index contributed by atoms with van der Waals surface area (Å²) in [5, 5.41) is 30.7. The van der Waals surface area contributed by atoms with Crippen molar-refractivity contribution >= 4 is 23.1 Å². The fraction of sp³-hybridized carbons (Fsp3) is 0.533. The number of aliphatic hydroxyl groups is 2. The summed E-state index contributed by atoms with van der Waals surface area (Å²) in [5.74, 6) is 0.223. The number of ether oxygens (including phenoxy) is 4. The van der Waals surface area contributed by atoms with Gasteiger partial charge in [0.15, 0.2) is 12.4 Å². The van der Waals surface area contributed by atoms with Crippen LogP contribution in [-0.4, -0.2) is 57.7 Å². The number of benzene rings is 1. The summed E-state index contributed by atoms with van der Waals surface area (Å²) in [6, 6.07) is 5.22. The lowest BCUT2D eigenvalue weighted by Gasteiger charge is -2.40. The normalized spacial score (nSPS) is 29.0. The van der Waals surface area contributed by atoms with Crippen molar-refractivity contribution in [2.75, 3.05) is 6.61 Å². The highest BCUT2D eigenvalue weighted by Gasteiger charge is 2.45. The van der Waals surface area contributed by atoms with Crippen LogP contribution >= 0.6 is 12.2 Å². The molecule has 25 heavy (non-hydrogen) atoms. The van der Waals surface area contributed by atoms with Gasteiger partial charge in [-0.05, 0) is 26.0 Å². The van der Waals surface area contributed by atoms with E-state index < -0.39 is 35.6 Å². The van der Waals surface area contributed by atoms with Gasteiger partial charge in [0, 0.05) is 31.0 Å². The van der Waals surface area contributed by atoms with Crippen LogP contribution in [0, 0.1) is 10.1 Å². The Hall–Kier alpha value is -1.85. The van der Waals surface area contributed by atoms with Crippen molar-refractivity contribution in [2.45, 2.75) is 44.6 Å². The van der Waals surface area contributed by atoms with E-state index in [1.165, 1.54) is 24.3 Å². The monoisotopic (exact) mass is 373 g/mol. The number of thiocarbonyl (C=S) groups is 1. The Morgan fingerprint density at radius 3 is 2.52 bits per heavy atom. The zero-order chi connectivity index (χ0) is 18.6. The molecule has 0 radical (unpaired) electrons. The number of nitro benzene ring substituents is 1. The molecule has 10 heteroatoms. The van der Waals surface area contributed by atoms with Crippen molar-refractivity contribution < 1.29 is 34.1 Å². The van der Waals surface area contributed by atoms with Gasteiger partial charge in [-0.25, -0.2) is 0 Å². The first-order valence-electron chi connectivity index (χ1n) is 7.59. The molecule has 1 saturated heterocycles. The van der Waals surface area contributed by atoms with Crippen LogP contribution in [0.1, 0.15) is 13.8 Å². The molecule has 0 amide bonds. The van der Waals surface area contributed by atoms with Crippen LogP contribution in [0.2, 0.25) is 0 Å². The van der Waals surface area contributed by atoms with E-state index in [9.17, 15) is 20.3 Å². The van der Waals surface area contributed by atoms with E-state index in [0.29, 0.717) is 6.61 Å². The number of rotatable bonds is 5. The highest BCUT2D eigenvalue weighted by molar-refractivity contribution is 7.79. The van der Waals surface area contributed by atoms with Crippen LogP contribution in [0.3, 0.4) is 0 Å². The molecule has 0 saturated carbocycles. The van der Waals surface area contributed by atoms with E-state index >= 15 is 0 Å². The molecule has 1 aromatic rings. The first-order chi connectivity index (χ1) is 11.8. The SMILES string of the molecule is CCO[C@H]1O[C@@H](C)[C@H](O)[C@@H](OC(=S)Oc2ccc([N+](=O)[O-])cc2)[C@H]1O. The van der Waals surface area contributed by atoms with E-state index in [1.807, 2.05) is 0 Å². The van der Waals surface area contributed by atoms with Gasteiger partial charge in [-0.3, -0.25) is 10.1 Å². The van der Waals surface area contributed by atoms with Crippen LogP contribution in [0.25, 0.3) is 0 Å². The largest absolute Gasteiger partial charge is 0.447 e. The van der Waals surface area contributed by atoms with Gasteiger partial charge in [0.25, 0.3) is 5.69 Å². The summed E-state index contributed by atoms with van der Waals surface area (Å²) in [5.41, 5.74) is -0.0946. The summed E-state index contributed by atoms with van der Waals surface area (Å²) in [4.78, 5) is 10.1. The molecule has 0 bridgehead atoms. The predicted octanol–water partition coefficient (Wildman–Crippen LogP) is 1.15. The molecule has 0 aromatic heterocycles. The first kappa shape index (κ1) is 19.5. The third-order valence-corrected chi connectivity index (χ3v) is 3.77. The fourth-order valence-electron chi connectivity index (χ4n) is 2.31. The lowest BCUT2D eigenvalue weighted by molar-refractivity contribution is -0.384. The van der Waals surface area contributed by atoms with Gasteiger partial charge in [0.05, 0.1) is 11.0 Å². The molecule has 0 spiro atoms. The zero-order valence-corrected chi connectivity index (χ0v) is 14.4. The average molecular weight is 373 g/mol. The van der Waals surface area contributed by atoms with Gasteiger partial charge in [-0.1, -0.05) is 0 Å². The minimum atomic E-state index is -1.27. The summed E-state index contributed by atoms with van der Waals surface area (Å²) in [7, 11) is 0. The molecular weight excluding hydrogens is 354 g/mol. The lowest BCUT2D eigenvalue weighted by Crippen LogP contribution is -2.59. The molecule has 5 atom stereocenters. The molecule has 138 valence electrons. The summed E-state index contributed by atoms with van der Waals surface area (Å²) < 4.78 is 21.3. The van der Waals surface area contributed by atoms with Crippen molar-refractivity contribution in [3.63, 3.8) is 0 Å². The third-order valence-electron chi connectivity index (χ3n) is 3.59. The maximum atomic E-state index is 10.6. The molecule has 1 aromatic carbocycles. The topological polar surface area (TPSA) is 121 Å². The Bertz CT molecular complexity index is 610. The van der Waals surface area contributed by atoms with E-state index in [2.05, 4.69) is 0 Å². The molecule has 0 aliphatic carbocycles. The summed E-state index contributed by atoms with van der Waals surface area (Å²) in [6.07, 6.45) is -5.14. The van der Waals surface area contributed by atoms with E-state index in [4.69, 9.17) is 31.2 Å². The van der Waals surface area contributed by atoms with Crippen LogP contribution in [0.4, 0.5) is 5.69 Å². The lowest BCUT2D eigenvalue weighted by atomic mass is 10.00. The molecule has 1 heterocycles. The van der Waals surface area contributed by atoms with Gasteiger partial charge >= 0.3 is 5.24 Å². The standard InChI is InChI=1S/C15H19NO8S/c1-3-21-14-12(18)13(11(17)8(2)22-14)24-15(25)23-10-6-4-9(5-7-10)16(19)20/h4-8,11-14,17-18H,3H2,1-2H3/t8-,11-,12+,13+,14-/m0/s1. The number of non-ortho nitro benzene ring substituents is 1. The zero-order valence-electron chi connectivity index (χ0n) is 13.6. The van der Waals surface area contributed by atoms with Crippen LogP contribution in [0.5, 0.6) is 5.75 Å². The fourth-order valence-corrected chi connectivity index (χ4v) is 2.51. The molecule has 2 N–H and O–H groups in total. The second-order valence-corrected chi connectivity index (χ2v) is 5.66. The smallest absolute Gasteiger partial charge is 0.358 e. The Balaban J connectivity index is 2.00. The predicted molar refractivity (Wildman–Crippen MR) is 89.2 cm³/mol. The Morgan fingerprint density at radius 2 is 1.96 bits per heavy atom. The van der Waals surface area contributed by atoms with E-state index in [-0.39, 0.29) is 16.7 Å². The molecule has 1 aliphatic rings. The molecule has 1 aliphatic heterocycles.